The number of thioether (sulfide) groups is 1. The molecule has 1 atom stereocenters. The minimum absolute atomic E-state index is 0.0170. The number of rotatable bonds is 2. The first-order valence-electron chi connectivity index (χ1n) is 4.95. The van der Waals surface area contributed by atoms with Gasteiger partial charge in [0.25, 0.3) is 0 Å². The highest BCUT2D eigenvalue weighted by molar-refractivity contribution is 7.99. The Balaban J connectivity index is 2.23. The molecule has 16 heavy (non-hydrogen) atoms. The second-order valence-corrected chi connectivity index (χ2v) is 5.39. The van der Waals surface area contributed by atoms with Crippen molar-refractivity contribution < 1.29 is 4.79 Å². The monoisotopic (exact) mass is 275 g/mol. The molecule has 0 N–H and O–H groups in total. The van der Waals surface area contributed by atoms with Gasteiger partial charge in [0.2, 0.25) is 5.91 Å². The van der Waals surface area contributed by atoms with Crippen LogP contribution in [0.25, 0.3) is 0 Å². The highest BCUT2D eigenvalue weighted by atomic mass is 35.5. The zero-order valence-electron chi connectivity index (χ0n) is 8.53. The fourth-order valence-electron chi connectivity index (χ4n) is 1.74. The zero-order valence-corrected chi connectivity index (χ0v) is 10.9. The van der Waals surface area contributed by atoms with Crippen LogP contribution in [0.3, 0.4) is 0 Å². The van der Waals surface area contributed by atoms with Crippen LogP contribution in [0.5, 0.6) is 0 Å². The number of hydrogen-bond donors (Lipinski definition) is 0. The van der Waals surface area contributed by atoms with Crippen molar-refractivity contribution in [2.45, 2.75) is 5.37 Å². The molecule has 1 aliphatic heterocycles. The average Bonchev–Trinajstić information content (AvgIpc) is 2.77. The number of amides is 1. The Morgan fingerprint density at radius 3 is 3.06 bits per heavy atom. The van der Waals surface area contributed by atoms with Crippen LogP contribution in [0.4, 0.5) is 0 Å². The first-order chi connectivity index (χ1) is 7.72. The summed E-state index contributed by atoms with van der Waals surface area (Å²) in [5.41, 5.74) is 1.06. The van der Waals surface area contributed by atoms with Crippen LogP contribution >= 0.6 is 35.0 Å². The van der Waals surface area contributed by atoms with Crippen molar-refractivity contribution in [3.8, 4) is 0 Å². The van der Waals surface area contributed by atoms with Gasteiger partial charge in [-0.25, -0.2) is 0 Å². The van der Waals surface area contributed by atoms with Crippen molar-refractivity contribution in [1.82, 2.24) is 4.90 Å². The van der Waals surface area contributed by atoms with Gasteiger partial charge in [-0.1, -0.05) is 23.7 Å². The van der Waals surface area contributed by atoms with Crippen molar-refractivity contribution in [1.29, 1.82) is 0 Å². The molecular formula is C11H11Cl2NOS. The third-order valence-corrected chi connectivity index (χ3v) is 4.18. The molecule has 1 aromatic carbocycles. The minimum Gasteiger partial charge on any atom is -0.325 e. The Kier molecular flexibility index (Phi) is 4.00. The molecule has 2 nitrogen and oxygen atoms in total. The Morgan fingerprint density at radius 2 is 2.38 bits per heavy atom. The normalized spacial score (nSPS) is 20.1. The number of nitrogens with zero attached hydrogens (tertiary/aromatic N) is 1. The number of halogens is 2. The van der Waals surface area contributed by atoms with Gasteiger partial charge < -0.3 is 4.90 Å². The van der Waals surface area contributed by atoms with E-state index in [0.717, 1.165) is 17.9 Å². The fraction of sp³-hybridized carbons (Fsp3) is 0.364. The van der Waals surface area contributed by atoms with Crippen LogP contribution in [-0.4, -0.2) is 29.0 Å². The molecule has 0 saturated carbocycles. The van der Waals surface area contributed by atoms with Crippen molar-refractivity contribution in [3.63, 3.8) is 0 Å². The molecule has 1 fully saturated rings. The van der Waals surface area contributed by atoms with Gasteiger partial charge in [0.1, 0.15) is 11.3 Å². The Bertz CT molecular complexity index is 399. The summed E-state index contributed by atoms with van der Waals surface area (Å²) in [6.45, 7) is 0.757. The summed E-state index contributed by atoms with van der Waals surface area (Å²) in [4.78, 5) is 13.4. The minimum atomic E-state index is -0.0170. The topological polar surface area (TPSA) is 20.3 Å². The molecular weight excluding hydrogens is 265 g/mol. The Morgan fingerprint density at radius 1 is 1.56 bits per heavy atom. The predicted octanol–water partition coefficient (Wildman–Crippen LogP) is 3.15. The van der Waals surface area contributed by atoms with E-state index >= 15 is 0 Å². The van der Waals surface area contributed by atoms with E-state index in [0.29, 0.717) is 5.02 Å². The van der Waals surface area contributed by atoms with E-state index < -0.39 is 0 Å². The van der Waals surface area contributed by atoms with Crippen LogP contribution in [0, 0.1) is 0 Å². The summed E-state index contributed by atoms with van der Waals surface area (Å²) >= 11 is 13.3. The first-order valence-corrected chi connectivity index (χ1v) is 6.91. The molecule has 0 spiro atoms. The molecule has 1 aliphatic rings. The number of alkyl halides is 1. The van der Waals surface area contributed by atoms with Gasteiger partial charge in [-0.3, -0.25) is 4.79 Å². The predicted molar refractivity (Wildman–Crippen MR) is 69.1 cm³/mol. The van der Waals surface area contributed by atoms with Gasteiger partial charge >= 0.3 is 0 Å². The van der Waals surface area contributed by atoms with Crippen LogP contribution in [-0.2, 0) is 4.79 Å². The number of hydrogen-bond acceptors (Lipinski definition) is 2. The molecule has 0 radical (unpaired) electrons. The lowest BCUT2D eigenvalue weighted by atomic mass is 10.2. The molecule has 0 aromatic heterocycles. The van der Waals surface area contributed by atoms with Crippen molar-refractivity contribution in [2.24, 2.45) is 0 Å². The van der Waals surface area contributed by atoms with Gasteiger partial charge in [0, 0.05) is 17.3 Å². The quantitative estimate of drug-likeness (QED) is 0.773. The second-order valence-electron chi connectivity index (χ2n) is 3.50. The average molecular weight is 276 g/mol. The molecule has 2 rings (SSSR count). The molecule has 0 bridgehead atoms. The summed E-state index contributed by atoms with van der Waals surface area (Å²) in [5.74, 6) is 0.967. The van der Waals surface area contributed by atoms with Crippen LogP contribution in [0.1, 0.15) is 10.9 Å². The van der Waals surface area contributed by atoms with Gasteiger partial charge in [-0.15, -0.1) is 23.4 Å². The smallest absolute Gasteiger partial charge is 0.238 e. The molecule has 1 heterocycles. The van der Waals surface area contributed by atoms with E-state index in [1.54, 1.807) is 11.8 Å². The molecule has 5 heteroatoms. The second kappa shape index (κ2) is 5.30. The molecule has 86 valence electrons. The molecule has 1 aromatic rings. The molecule has 1 saturated heterocycles. The number of carbonyl (C=O) groups excluding carboxylic acids is 1. The van der Waals surface area contributed by atoms with Crippen molar-refractivity contribution in [2.75, 3.05) is 18.2 Å². The van der Waals surface area contributed by atoms with Crippen molar-refractivity contribution in [3.05, 3.63) is 34.9 Å². The van der Waals surface area contributed by atoms with Gasteiger partial charge in [0.05, 0.1) is 0 Å². The lowest BCUT2D eigenvalue weighted by Gasteiger charge is -2.23. The van der Waals surface area contributed by atoms with E-state index in [1.807, 2.05) is 29.2 Å². The summed E-state index contributed by atoms with van der Waals surface area (Å²) in [7, 11) is 0. The summed E-state index contributed by atoms with van der Waals surface area (Å²) < 4.78 is 0. The van der Waals surface area contributed by atoms with Gasteiger partial charge in [-0.2, -0.15) is 0 Å². The standard InChI is InChI=1S/C11H11Cl2NOS/c12-7-10(15)14-4-5-16-11(14)8-2-1-3-9(13)6-8/h1-3,6,11H,4-5,7H2. The van der Waals surface area contributed by atoms with Crippen LogP contribution in [0.2, 0.25) is 5.02 Å². The van der Waals surface area contributed by atoms with Crippen LogP contribution in [0.15, 0.2) is 24.3 Å². The maximum atomic E-state index is 11.6. The van der Waals surface area contributed by atoms with Gasteiger partial charge in [-0.05, 0) is 17.7 Å². The van der Waals surface area contributed by atoms with E-state index in [9.17, 15) is 4.79 Å². The Hall–Kier alpha value is -0.380. The summed E-state index contributed by atoms with van der Waals surface area (Å²) in [6, 6.07) is 7.63. The SMILES string of the molecule is O=C(CCl)N1CCSC1c1cccc(Cl)c1. The fourth-order valence-corrected chi connectivity index (χ4v) is 3.36. The number of benzene rings is 1. The van der Waals surface area contributed by atoms with E-state index in [1.165, 1.54) is 0 Å². The largest absolute Gasteiger partial charge is 0.325 e. The molecule has 1 amide bonds. The van der Waals surface area contributed by atoms with Gasteiger partial charge in [0.15, 0.2) is 0 Å². The summed E-state index contributed by atoms with van der Waals surface area (Å²) in [5, 5.41) is 0.758. The highest BCUT2D eigenvalue weighted by Gasteiger charge is 2.29. The van der Waals surface area contributed by atoms with Crippen LogP contribution < -0.4 is 0 Å². The van der Waals surface area contributed by atoms with E-state index in [4.69, 9.17) is 23.2 Å². The molecule has 0 aliphatic carbocycles. The highest BCUT2D eigenvalue weighted by Crippen LogP contribution is 2.38. The maximum absolute atomic E-state index is 11.6. The lowest BCUT2D eigenvalue weighted by molar-refractivity contribution is -0.128. The third-order valence-electron chi connectivity index (χ3n) is 2.46. The zero-order chi connectivity index (χ0) is 11.5. The Labute approximate surface area is 109 Å². The van der Waals surface area contributed by atoms with E-state index in [2.05, 4.69) is 0 Å². The van der Waals surface area contributed by atoms with Crippen molar-refractivity contribution >= 4 is 40.9 Å². The first kappa shape index (κ1) is 12.1. The lowest BCUT2D eigenvalue weighted by Crippen LogP contribution is -2.31. The third kappa shape index (κ3) is 2.47. The van der Waals surface area contributed by atoms with E-state index in [-0.39, 0.29) is 17.2 Å². The summed E-state index contributed by atoms with van der Waals surface area (Å²) in [6.07, 6.45) is 0. The maximum Gasteiger partial charge on any atom is 0.238 e. The molecule has 1 unspecified atom stereocenters. The number of carbonyl (C=O) groups is 1.